The van der Waals surface area contributed by atoms with Gasteiger partial charge in [-0.25, -0.2) is 9.69 Å². The van der Waals surface area contributed by atoms with Crippen molar-refractivity contribution in [3.63, 3.8) is 0 Å². The zero-order chi connectivity index (χ0) is 22.5. The fourth-order valence-corrected chi connectivity index (χ4v) is 3.16. The molecule has 31 heavy (non-hydrogen) atoms. The number of benzene rings is 2. The van der Waals surface area contributed by atoms with Crippen molar-refractivity contribution in [1.82, 2.24) is 0 Å². The number of esters is 1. The maximum absolute atomic E-state index is 12.9. The third-order valence-electron chi connectivity index (χ3n) is 4.66. The second-order valence-electron chi connectivity index (χ2n) is 6.93. The lowest BCUT2D eigenvalue weighted by atomic mass is 10.1. The number of rotatable bonds is 8. The summed E-state index contributed by atoms with van der Waals surface area (Å²) in [4.78, 5) is 50.1. The Balaban J connectivity index is 1.80. The van der Waals surface area contributed by atoms with Crippen molar-refractivity contribution in [2.75, 3.05) is 16.8 Å². The van der Waals surface area contributed by atoms with Crippen LogP contribution >= 0.6 is 11.6 Å². The van der Waals surface area contributed by atoms with Crippen LogP contribution in [-0.2, 0) is 14.3 Å². The molecule has 8 heteroatoms. The normalized spacial score (nSPS) is 13.6. The number of anilines is 2. The Morgan fingerprint density at radius 1 is 1.03 bits per heavy atom. The van der Waals surface area contributed by atoms with Gasteiger partial charge in [0.1, 0.15) is 10.7 Å². The molecule has 0 bridgehead atoms. The first kappa shape index (κ1) is 22.2. The first-order chi connectivity index (χ1) is 14.8. The van der Waals surface area contributed by atoms with E-state index in [0.717, 1.165) is 17.7 Å². The topological polar surface area (TPSA) is 92.8 Å². The van der Waals surface area contributed by atoms with Crippen LogP contribution in [0, 0.1) is 0 Å². The van der Waals surface area contributed by atoms with E-state index in [1.54, 1.807) is 36.4 Å². The summed E-state index contributed by atoms with van der Waals surface area (Å²) < 4.78 is 5.19. The zero-order valence-corrected chi connectivity index (χ0v) is 17.9. The Bertz CT molecular complexity index is 1080. The minimum absolute atomic E-state index is 0.0850. The summed E-state index contributed by atoms with van der Waals surface area (Å²) in [5.41, 5.74) is 1.37. The number of nitrogens with one attached hydrogen (secondary N) is 1. The lowest BCUT2D eigenvalue weighted by Crippen LogP contribution is -2.32. The molecule has 1 heterocycles. The number of ether oxygens (including phenoxy) is 1. The monoisotopic (exact) mass is 440 g/mol. The van der Waals surface area contributed by atoms with Crippen LogP contribution in [0.5, 0.6) is 0 Å². The Kier molecular flexibility index (Phi) is 6.87. The molecule has 2 aromatic rings. The van der Waals surface area contributed by atoms with Crippen LogP contribution < -0.4 is 10.2 Å². The van der Waals surface area contributed by atoms with Gasteiger partial charge in [-0.2, -0.15) is 0 Å². The van der Waals surface area contributed by atoms with E-state index in [2.05, 4.69) is 5.32 Å². The Hall–Kier alpha value is -3.45. The van der Waals surface area contributed by atoms with E-state index >= 15 is 0 Å². The first-order valence-corrected chi connectivity index (χ1v) is 10.1. The number of hydrogen-bond acceptors (Lipinski definition) is 6. The molecular formula is C23H21ClN2O5. The minimum atomic E-state index is -0.703. The van der Waals surface area contributed by atoms with Gasteiger partial charge in [-0.15, -0.1) is 0 Å². The van der Waals surface area contributed by atoms with E-state index in [1.807, 2.05) is 6.92 Å². The molecule has 0 aromatic heterocycles. The van der Waals surface area contributed by atoms with Gasteiger partial charge in [0, 0.05) is 11.3 Å². The molecule has 0 radical (unpaired) electrons. The summed E-state index contributed by atoms with van der Waals surface area (Å²) in [6.07, 6.45) is 1.64. The van der Waals surface area contributed by atoms with Crippen molar-refractivity contribution in [3.8, 4) is 0 Å². The molecule has 7 nitrogen and oxygen atoms in total. The maximum Gasteiger partial charge on any atom is 0.338 e. The molecule has 3 rings (SSSR count). The second kappa shape index (κ2) is 9.57. The fourth-order valence-electron chi connectivity index (χ4n) is 2.94. The van der Waals surface area contributed by atoms with Gasteiger partial charge in [-0.1, -0.05) is 31.0 Å². The van der Waals surface area contributed by atoms with Gasteiger partial charge in [0.05, 0.1) is 17.9 Å². The molecular weight excluding hydrogens is 420 g/mol. The number of halogens is 1. The number of hydrogen-bond donors (Lipinski definition) is 1. The molecule has 0 saturated heterocycles. The van der Waals surface area contributed by atoms with Crippen LogP contribution in [0.1, 0.15) is 47.4 Å². The van der Waals surface area contributed by atoms with Crippen molar-refractivity contribution in [1.29, 1.82) is 0 Å². The standard InChI is InChI=1S/C23H21ClN2O5/c1-3-4-12-31-23(30)16-6-5-7-18(13-16)26-21(28)19(24)20(22(26)29)25-17-10-8-15(9-11-17)14(2)27/h5-11,13,25H,3-4,12H2,1-2H3. The summed E-state index contributed by atoms with van der Waals surface area (Å²) in [7, 11) is 0. The van der Waals surface area contributed by atoms with E-state index < -0.39 is 17.8 Å². The largest absolute Gasteiger partial charge is 0.462 e. The number of nitrogens with zero attached hydrogens (tertiary/aromatic N) is 1. The molecule has 0 spiro atoms. The SMILES string of the molecule is CCCCOC(=O)c1cccc(N2C(=O)C(Cl)=C(Nc3ccc(C(C)=O)cc3)C2=O)c1. The average Bonchev–Trinajstić information content (AvgIpc) is 2.97. The van der Waals surface area contributed by atoms with Crippen molar-refractivity contribution in [2.24, 2.45) is 0 Å². The molecule has 0 atom stereocenters. The van der Waals surface area contributed by atoms with Crippen LogP contribution in [0.15, 0.2) is 59.3 Å². The van der Waals surface area contributed by atoms with Crippen LogP contribution in [0.2, 0.25) is 0 Å². The predicted molar refractivity (Wildman–Crippen MR) is 117 cm³/mol. The van der Waals surface area contributed by atoms with Gasteiger partial charge in [0.25, 0.3) is 11.8 Å². The summed E-state index contributed by atoms with van der Waals surface area (Å²) in [6, 6.07) is 12.5. The zero-order valence-electron chi connectivity index (χ0n) is 17.1. The average molecular weight is 441 g/mol. The molecule has 0 aliphatic carbocycles. The number of Topliss-reactive ketones (excluding diaryl/α,β-unsaturated/α-hetero) is 1. The quantitative estimate of drug-likeness (QED) is 0.285. The van der Waals surface area contributed by atoms with Crippen LogP contribution in [0.3, 0.4) is 0 Å². The molecule has 0 saturated carbocycles. The smallest absolute Gasteiger partial charge is 0.338 e. The molecule has 0 fully saturated rings. The summed E-state index contributed by atoms with van der Waals surface area (Å²) >= 11 is 6.15. The lowest BCUT2D eigenvalue weighted by Gasteiger charge is -2.16. The second-order valence-corrected chi connectivity index (χ2v) is 7.31. The van der Waals surface area contributed by atoms with Crippen molar-refractivity contribution in [3.05, 3.63) is 70.4 Å². The Labute approximate surface area is 184 Å². The highest BCUT2D eigenvalue weighted by Gasteiger charge is 2.39. The Morgan fingerprint density at radius 3 is 2.39 bits per heavy atom. The van der Waals surface area contributed by atoms with Crippen molar-refractivity contribution >= 4 is 46.5 Å². The third-order valence-corrected chi connectivity index (χ3v) is 5.01. The van der Waals surface area contributed by atoms with Gasteiger partial charge in [0.15, 0.2) is 5.78 Å². The third kappa shape index (κ3) is 4.83. The van der Waals surface area contributed by atoms with Gasteiger partial charge in [0.2, 0.25) is 0 Å². The van der Waals surface area contributed by atoms with E-state index in [1.165, 1.54) is 19.1 Å². The Morgan fingerprint density at radius 2 is 1.74 bits per heavy atom. The van der Waals surface area contributed by atoms with Crippen LogP contribution in [0.4, 0.5) is 11.4 Å². The molecule has 1 N–H and O–H groups in total. The molecule has 1 aliphatic rings. The molecule has 2 aromatic carbocycles. The highest BCUT2D eigenvalue weighted by atomic mass is 35.5. The van der Waals surface area contributed by atoms with E-state index in [9.17, 15) is 19.2 Å². The summed E-state index contributed by atoms with van der Waals surface area (Å²) in [6.45, 7) is 3.73. The molecule has 0 unspecified atom stereocenters. The summed E-state index contributed by atoms with van der Waals surface area (Å²) in [5.74, 6) is -1.97. The van der Waals surface area contributed by atoms with Crippen LogP contribution in [0.25, 0.3) is 0 Å². The number of amides is 2. The molecule has 160 valence electrons. The predicted octanol–water partition coefficient (Wildman–Crippen LogP) is 4.28. The number of imide groups is 1. The van der Waals surface area contributed by atoms with E-state index in [0.29, 0.717) is 17.9 Å². The van der Waals surface area contributed by atoms with Crippen LogP contribution in [-0.4, -0.2) is 30.2 Å². The highest BCUT2D eigenvalue weighted by Crippen LogP contribution is 2.30. The number of unbranched alkanes of at least 4 members (excludes halogenated alkanes) is 1. The number of carbonyl (C=O) groups excluding carboxylic acids is 4. The highest BCUT2D eigenvalue weighted by molar-refractivity contribution is 6.53. The van der Waals surface area contributed by atoms with E-state index in [-0.39, 0.29) is 27.8 Å². The first-order valence-electron chi connectivity index (χ1n) is 9.77. The lowest BCUT2D eigenvalue weighted by molar-refractivity contribution is -0.120. The van der Waals surface area contributed by atoms with E-state index in [4.69, 9.17) is 16.3 Å². The van der Waals surface area contributed by atoms with Gasteiger partial charge >= 0.3 is 5.97 Å². The maximum atomic E-state index is 12.9. The molecule has 2 amide bonds. The van der Waals surface area contributed by atoms with Crippen molar-refractivity contribution in [2.45, 2.75) is 26.7 Å². The number of carbonyl (C=O) groups is 4. The van der Waals surface area contributed by atoms with Crippen molar-refractivity contribution < 1.29 is 23.9 Å². The van der Waals surface area contributed by atoms with Gasteiger partial charge in [-0.3, -0.25) is 14.4 Å². The summed E-state index contributed by atoms with van der Waals surface area (Å²) in [5, 5.41) is 2.57. The van der Waals surface area contributed by atoms with Gasteiger partial charge < -0.3 is 10.1 Å². The molecule has 1 aliphatic heterocycles. The van der Waals surface area contributed by atoms with Gasteiger partial charge in [-0.05, 0) is 55.8 Å². The number of ketones is 1. The minimum Gasteiger partial charge on any atom is -0.462 e. The fraction of sp³-hybridized carbons (Fsp3) is 0.217.